The number of nitrogens with one attached hydrogen (secondary N) is 1. The molecular weight excluding hydrogens is 270 g/mol. The van der Waals surface area contributed by atoms with Gasteiger partial charge in [0.2, 0.25) is 12.3 Å². The van der Waals surface area contributed by atoms with Crippen molar-refractivity contribution in [3.63, 3.8) is 0 Å². The van der Waals surface area contributed by atoms with Gasteiger partial charge >= 0.3 is 0 Å². The van der Waals surface area contributed by atoms with Gasteiger partial charge in [-0.25, -0.2) is 0 Å². The van der Waals surface area contributed by atoms with E-state index >= 15 is 0 Å². The molecular formula is C15H15N3OS. The summed E-state index contributed by atoms with van der Waals surface area (Å²) in [4.78, 5) is 1.37. The molecule has 1 atom stereocenters. The van der Waals surface area contributed by atoms with Crippen LogP contribution in [-0.4, -0.2) is 10.2 Å². The van der Waals surface area contributed by atoms with Crippen LogP contribution in [0.15, 0.2) is 46.5 Å². The molecule has 2 heterocycles. The summed E-state index contributed by atoms with van der Waals surface area (Å²) in [5.74, 6) is 0.540. The molecule has 0 bridgehead atoms. The van der Waals surface area contributed by atoms with Gasteiger partial charge in [0.25, 0.3) is 0 Å². The SMILES string of the molecule is Cc1ccsc1C(C)Nc1ccc(-c2nnco2)cc1. The molecule has 0 saturated carbocycles. The molecule has 5 heteroatoms. The van der Waals surface area contributed by atoms with Crippen molar-refractivity contribution in [2.75, 3.05) is 5.32 Å². The minimum atomic E-state index is 0.296. The summed E-state index contributed by atoms with van der Waals surface area (Å²) in [5.41, 5.74) is 3.33. The van der Waals surface area contributed by atoms with Crippen LogP contribution in [0.5, 0.6) is 0 Å². The predicted octanol–water partition coefficient (Wildman–Crippen LogP) is 4.28. The van der Waals surface area contributed by atoms with Crippen molar-refractivity contribution in [3.8, 4) is 11.5 Å². The van der Waals surface area contributed by atoms with E-state index in [0.29, 0.717) is 11.9 Å². The standard InChI is InChI=1S/C15H15N3OS/c1-10-7-8-20-14(10)11(2)17-13-5-3-12(4-6-13)15-18-16-9-19-15/h3-9,11,17H,1-2H3. The first kappa shape index (κ1) is 12.9. The molecule has 102 valence electrons. The number of aryl methyl sites for hydroxylation is 1. The Labute approximate surface area is 121 Å². The van der Waals surface area contributed by atoms with Gasteiger partial charge in [-0.05, 0) is 55.1 Å². The van der Waals surface area contributed by atoms with Crippen molar-refractivity contribution in [1.82, 2.24) is 10.2 Å². The molecule has 20 heavy (non-hydrogen) atoms. The van der Waals surface area contributed by atoms with E-state index in [-0.39, 0.29) is 0 Å². The molecule has 2 aromatic heterocycles. The van der Waals surface area contributed by atoms with Crippen LogP contribution in [-0.2, 0) is 0 Å². The number of hydrogen-bond acceptors (Lipinski definition) is 5. The summed E-state index contributed by atoms with van der Waals surface area (Å²) in [6.07, 6.45) is 1.34. The monoisotopic (exact) mass is 285 g/mol. The Morgan fingerprint density at radius 2 is 2.00 bits per heavy atom. The van der Waals surface area contributed by atoms with Crippen molar-refractivity contribution < 1.29 is 4.42 Å². The first-order chi connectivity index (χ1) is 9.74. The summed E-state index contributed by atoms with van der Waals surface area (Å²) < 4.78 is 5.17. The minimum absolute atomic E-state index is 0.296. The van der Waals surface area contributed by atoms with E-state index in [9.17, 15) is 0 Å². The lowest BCUT2D eigenvalue weighted by Gasteiger charge is -2.15. The van der Waals surface area contributed by atoms with E-state index in [1.165, 1.54) is 16.8 Å². The molecule has 0 aliphatic rings. The molecule has 0 spiro atoms. The van der Waals surface area contributed by atoms with Gasteiger partial charge in [0.05, 0.1) is 6.04 Å². The Hall–Kier alpha value is -2.14. The number of aromatic nitrogens is 2. The van der Waals surface area contributed by atoms with Gasteiger partial charge in [0, 0.05) is 16.1 Å². The lowest BCUT2D eigenvalue weighted by molar-refractivity contribution is 0.568. The highest BCUT2D eigenvalue weighted by Gasteiger charge is 2.10. The predicted molar refractivity (Wildman–Crippen MR) is 80.8 cm³/mol. The summed E-state index contributed by atoms with van der Waals surface area (Å²) in [7, 11) is 0. The smallest absolute Gasteiger partial charge is 0.247 e. The maximum Gasteiger partial charge on any atom is 0.247 e. The average molecular weight is 285 g/mol. The van der Waals surface area contributed by atoms with Gasteiger partial charge in [-0.2, -0.15) is 0 Å². The molecule has 0 saturated heterocycles. The first-order valence-electron chi connectivity index (χ1n) is 6.41. The lowest BCUT2D eigenvalue weighted by Crippen LogP contribution is -2.05. The van der Waals surface area contributed by atoms with E-state index < -0.39 is 0 Å². The van der Waals surface area contributed by atoms with Crippen molar-refractivity contribution >= 4 is 17.0 Å². The molecule has 3 aromatic rings. The van der Waals surface area contributed by atoms with Crippen LogP contribution in [0.2, 0.25) is 0 Å². The molecule has 3 rings (SSSR count). The molecule has 0 aliphatic heterocycles. The van der Waals surface area contributed by atoms with E-state index in [1.54, 1.807) is 11.3 Å². The molecule has 1 aromatic carbocycles. The van der Waals surface area contributed by atoms with Crippen molar-refractivity contribution in [1.29, 1.82) is 0 Å². The molecule has 4 nitrogen and oxygen atoms in total. The lowest BCUT2D eigenvalue weighted by atomic mass is 10.1. The average Bonchev–Trinajstić information content (AvgIpc) is 3.10. The van der Waals surface area contributed by atoms with Gasteiger partial charge in [-0.1, -0.05) is 0 Å². The maximum atomic E-state index is 5.17. The molecule has 0 amide bonds. The summed E-state index contributed by atoms with van der Waals surface area (Å²) >= 11 is 1.78. The second-order valence-corrected chi connectivity index (χ2v) is 5.60. The van der Waals surface area contributed by atoms with Gasteiger partial charge in [0.15, 0.2) is 0 Å². The fourth-order valence-corrected chi connectivity index (χ4v) is 3.09. The highest BCUT2D eigenvalue weighted by Crippen LogP contribution is 2.27. The Morgan fingerprint density at radius 3 is 2.60 bits per heavy atom. The molecule has 1 N–H and O–H groups in total. The number of rotatable bonds is 4. The highest BCUT2D eigenvalue weighted by atomic mass is 32.1. The van der Waals surface area contributed by atoms with E-state index in [1.807, 2.05) is 24.3 Å². The molecule has 0 radical (unpaired) electrons. The van der Waals surface area contributed by atoms with Crippen LogP contribution < -0.4 is 5.32 Å². The van der Waals surface area contributed by atoms with Crippen LogP contribution in [0, 0.1) is 6.92 Å². The van der Waals surface area contributed by atoms with Crippen LogP contribution in [0.1, 0.15) is 23.4 Å². The Morgan fingerprint density at radius 1 is 1.20 bits per heavy atom. The van der Waals surface area contributed by atoms with Crippen molar-refractivity contribution in [2.45, 2.75) is 19.9 Å². The fraction of sp³-hybridized carbons (Fsp3) is 0.200. The zero-order chi connectivity index (χ0) is 13.9. The zero-order valence-corrected chi connectivity index (χ0v) is 12.1. The van der Waals surface area contributed by atoms with Gasteiger partial charge in [-0.15, -0.1) is 21.5 Å². The fourth-order valence-electron chi connectivity index (χ4n) is 2.15. The van der Waals surface area contributed by atoms with Gasteiger partial charge in [-0.3, -0.25) is 0 Å². The zero-order valence-electron chi connectivity index (χ0n) is 11.3. The Kier molecular flexibility index (Phi) is 3.52. The van der Waals surface area contributed by atoms with E-state index in [2.05, 4.69) is 40.8 Å². The third-order valence-electron chi connectivity index (χ3n) is 3.17. The van der Waals surface area contributed by atoms with Crippen LogP contribution >= 0.6 is 11.3 Å². The third-order valence-corrected chi connectivity index (χ3v) is 4.37. The number of thiophene rings is 1. The molecule has 1 unspecified atom stereocenters. The summed E-state index contributed by atoms with van der Waals surface area (Å²) in [6, 6.07) is 10.5. The van der Waals surface area contributed by atoms with Gasteiger partial charge < -0.3 is 9.73 Å². The quantitative estimate of drug-likeness (QED) is 0.777. The van der Waals surface area contributed by atoms with E-state index in [0.717, 1.165) is 11.3 Å². The van der Waals surface area contributed by atoms with Crippen LogP contribution in [0.4, 0.5) is 5.69 Å². The van der Waals surface area contributed by atoms with Crippen LogP contribution in [0.25, 0.3) is 11.5 Å². The summed E-state index contributed by atoms with van der Waals surface area (Å²) in [6.45, 7) is 4.31. The number of hydrogen-bond donors (Lipinski definition) is 1. The largest absolute Gasteiger partial charge is 0.423 e. The Balaban J connectivity index is 1.74. The number of nitrogens with zero attached hydrogens (tertiary/aromatic N) is 2. The highest BCUT2D eigenvalue weighted by molar-refractivity contribution is 7.10. The second-order valence-electron chi connectivity index (χ2n) is 4.66. The minimum Gasteiger partial charge on any atom is -0.423 e. The summed E-state index contributed by atoms with van der Waals surface area (Å²) in [5, 5.41) is 13.2. The number of anilines is 1. The Bertz CT molecular complexity index is 673. The molecule has 0 aliphatic carbocycles. The molecule has 0 fully saturated rings. The van der Waals surface area contributed by atoms with Gasteiger partial charge in [0.1, 0.15) is 0 Å². The van der Waals surface area contributed by atoms with Crippen molar-refractivity contribution in [2.24, 2.45) is 0 Å². The third kappa shape index (κ3) is 2.58. The second kappa shape index (κ2) is 5.46. The topological polar surface area (TPSA) is 51.0 Å². The van der Waals surface area contributed by atoms with E-state index in [4.69, 9.17) is 4.42 Å². The number of benzene rings is 1. The van der Waals surface area contributed by atoms with Crippen LogP contribution in [0.3, 0.4) is 0 Å². The van der Waals surface area contributed by atoms with Crippen molar-refractivity contribution in [3.05, 3.63) is 52.5 Å². The maximum absolute atomic E-state index is 5.17. The normalized spacial score (nSPS) is 12.3. The first-order valence-corrected chi connectivity index (χ1v) is 7.29.